The second-order valence-corrected chi connectivity index (χ2v) is 12.7. The lowest BCUT2D eigenvalue weighted by Gasteiger charge is -2.21. The van der Waals surface area contributed by atoms with Crippen LogP contribution in [0.25, 0.3) is 21.5 Å². The minimum atomic E-state index is 0.841. The molecule has 0 bridgehead atoms. The first kappa shape index (κ1) is 31.8. The van der Waals surface area contributed by atoms with Crippen molar-refractivity contribution < 1.29 is 4.79 Å². The van der Waals surface area contributed by atoms with Crippen LogP contribution in [0.1, 0.15) is 82.7 Å². The van der Waals surface area contributed by atoms with E-state index in [9.17, 15) is 10.1 Å². The van der Waals surface area contributed by atoms with Crippen LogP contribution in [-0.2, 0) is 0 Å². The Morgan fingerprint density at radius 2 is 0.800 bits per heavy atom. The number of hydrogen-bond acceptors (Lipinski definition) is 4. The largest absolute Gasteiger partial charge is 0.298 e. The summed E-state index contributed by atoms with van der Waals surface area (Å²) >= 11 is 3.35. The van der Waals surface area contributed by atoms with Gasteiger partial charge < -0.3 is 0 Å². The molecule has 0 aliphatic heterocycles. The van der Waals surface area contributed by atoms with Crippen molar-refractivity contribution in [1.82, 2.24) is 0 Å². The Kier molecular flexibility index (Phi) is 9.55. The second kappa shape index (κ2) is 12.0. The number of benzene rings is 4. The lowest BCUT2D eigenvalue weighted by atomic mass is 9.86. The Bertz CT molecular complexity index is 1750. The third kappa shape index (κ3) is 4.76. The molecule has 0 aliphatic rings. The second-order valence-electron chi connectivity index (χ2n) is 11.1. The molecular formula is C36H43NOS2. The van der Waals surface area contributed by atoms with Gasteiger partial charge in [-0.3, -0.25) is 4.79 Å². The zero-order chi connectivity index (χ0) is 30.4. The zero-order valence-corrected chi connectivity index (χ0v) is 28.4. The average Bonchev–Trinajstić information content (AvgIpc) is 2.93. The SMILES string of the molecule is CSc1c(C#N)c(C)c2c(C)c(C)c(C)c(C)c2c1C.CSc1c(C=O)c(C)c2c(C)c(C)c(C)c(C)c2c1C. The molecule has 40 heavy (non-hydrogen) atoms. The molecule has 0 saturated heterocycles. The van der Waals surface area contributed by atoms with E-state index in [1.165, 1.54) is 77.2 Å². The van der Waals surface area contributed by atoms with Crippen molar-refractivity contribution in [2.75, 3.05) is 12.5 Å². The van der Waals surface area contributed by atoms with Crippen LogP contribution < -0.4 is 0 Å². The van der Waals surface area contributed by atoms with Crippen molar-refractivity contribution >= 4 is 51.4 Å². The predicted octanol–water partition coefficient (Wildman–Crippen LogP) is 10.5. The molecule has 0 fully saturated rings. The van der Waals surface area contributed by atoms with E-state index in [2.05, 4.69) is 95.4 Å². The van der Waals surface area contributed by atoms with Gasteiger partial charge in [0.2, 0.25) is 0 Å². The van der Waals surface area contributed by atoms with Crippen molar-refractivity contribution in [3.8, 4) is 6.07 Å². The first-order valence-corrected chi connectivity index (χ1v) is 16.2. The maximum Gasteiger partial charge on any atom is 0.151 e. The van der Waals surface area contributed by atoms with Crippen molar-refractivity contribution in [3.63, 3.8) is 0 Å². The molecule has 0 unspecified atom stereocenters. The van der Waals surface area contributed by atoms with E-state index in [-0.39, 0.29) is 0 Å². The summed E-state index contributed by atoms with van der Waals surface area (Å²) in [5, 5.41) is 14.7. The molecule has 2 nitrogen and oxygen atoms in total. The van der Waals surface area contributed by atoms with Crippen LogP contribution >= 0.6 is 23.5 Å². The van der Waals surface area contributed by atoms with Crippen LogP contribution in [-0.4, -0.2) is 18.8 Å². The molecule has 0 atom stereocenters. The fourth-order valence-corrected chi connectivity index (χ4v) is 8.15. The quantitative estimate of drug-likeness (QED) is 0.182. The van der Waals surface area contributed by atoms with Gasteiger partial charge in [-0.25, -0.2) is 0 Å². The van der Waals surface area contributed by atoms with Gasteiger partial charge in [-0.2, -0.15) is 5.26 Å². The molecule has 4 aromatic rings. The van der Waals surface area contributed by atoms with Crippen LogP contribution in [0.4, 0.5) is 0 Å². The van der Waals surface area contributed by atoms with Crippen molar-refractivity contribution in [1.29, 1.82) is 5.26 Å². The van der Waals surface area contributed by atoms with E-state index < -0.39 is 0 Å². The highest BCUT2D eigenvalue weighted by molar-refractivity contribution is 7.99. The summed E-state index contributed by atoms with van der Waals surface area (Å²) in [4.78, 5) is 13.8. The molecule has 0 radical (unpaired) electrons. The Labute approximate surface area is 249 Å². The Balaban J connectivity index is 0.000000220. The number of nitrogens with zero attached hydrogens (tertiary/aromatic N) is 1. The number of fused-ring (bicyclic) bond motifs is 2. The van der Waals surface area contributed by atoms with Gasteiger partial charge >= 0.3 is 0 Å². The summed E-state index contributed by atoms with van der Waals surface area (Å²) in [5.41, 5.74) is 17.2. The van der Waals surface area contributed by atoms with Gasteiger partial charge in [-0.15, -0.1) is 23.5 Å². The lowest BCUT2D eigenvalue weighted by Crippen LogP contribution is -2.02. The molecule has 4 aromatic carbocycles. The van der Waals surface area contributed by atoms with Gasteiger partial charge in [-0.1, -0.05) is 0 Å². The molecule has 210 valence electrons. The first-order chi connectivity index (χ1) is 18.7. The van der Waals surface area contributed by atoms with E-state index in [1.54, 1.807) is 23.5 Å². The van der Waals surface area contributed by atoms with Gasteiger partial charge in [-0.05, 0) is 184 Å². The van der Waals surface area contributed by atoms with Crippen molar-refractivity contribution in [2.45, 2.75) is 92.9 Å². The Hall–Kier alpha value is -2.74. The van der Waals surface area contributed by atoms with Crippen LogP contribution in [0, 0.1) is 94.4 Å². The van der Waals surface area contributed by atoms with Crippen molar-refractivity contribution in [3.05, 3.63) is 77.9 Å². The van der Waals surface area contributed by atoms with E-state index in [0.29, 0.717) is 0 Å². The van der Waals surface area contributed by atoms with E-state index in [0.717, 1.165) is 38.3 Å². The molecule has 4 heteroatoms. The monoisotopic (exact) mass is 569 g/mol. The van der Waals surface area contributed by atoms with Crippen LogP contribution in [0.2, 0.25) is 0 Å². The lowest BCUT2D eigenvalue weighted by molar-refractivity contribution is 0.112. The van der Waals surface area contributed by atoms with Crippen LogP contribution in [0.15, 0.2) is 9.79 Å². The highest BCUT2D eigenvalue weighted by Gasteiger charge is 2.20. The molecule has 0 amide bonds. The van der Waals surface area contributed by atoms with Crippen molar-refractivity contribution in [2.24, 2.45) is 0 Å². The first-order valence-electron chi connectivity index (χ1n) is 13.7. The minimum Gasteiger partial charge on any atom is -0.298 e. The summed E-state index contributed by atoms with van der Waals surface area (Å²) in [5.74, 6) is 0. The number of carbonyl (C=O) groups excluding carboxylic acids is 1. The average molecular weight is 570 g/mol. The number of rotatable bonds is 3. The summed E-state index contributed by atoms with van der Waals surface area (Å²) in [7, 11) is 0. The van der Waals surface area contributed by atoms with E-state index >= 15 is 0 Å². The maximum absolute atomic E-state index is 11.5. The predicted molar refractivity (Wildman–Crippen MR) is 178 cm³/mol. The van der Waals surface area contributed by atoms with Crippen LogP contribution in [0.3, 0.4) is 0 Å². The summed E-state index contributed by atoms with van der Waals surface area (Å²) in [6.07, 6.45) is 5.11. The maximum atomic E-state index is 11.5. The number of aryl methyl sites for hydroxylation is 8. The molecular weight excluding hydrogens is 527 g/mol. The van der Waals surface area contributed by atoms with E-state index in [4.69, 9.17) is 0 Å². The summed E-state index contributed by atoms with van der Waals surface area (Å²) in [6, 6.07) is 2.41. The zero-order valence-electron chi connectivity index (χ0n) is 26.7. The van der Waals surface area contributed by atoms with Gasteiger partial charge in [0.1, 0.15) is 6.07 Å². The highest BCUT2D eigenvalue weighted by Crippen LogP contribution is 2.41. The fourth-order valence-electron chi connectivity index (χ4n) is 6.51. The molecule has 0 saturated carbocycles. The number of nitriles is 1. The smallest absolute Gasteiger partial charge is 0.151 e. The number of aldehydes is 1. The third-order valence-corrected chi connectivity index (χ3v) is 11.3. The Morgan fingerprint density at radius 3 is 1.12 bits per heavy atom. The minimum absolute atomic E-state index is 0.841. The topological polar surface area (TPSA) is 40.9 Å². The summed E-state index contributed by atoms with van der Waals surface area (Å²) in [6.45, 7) is 25.9. The normalized spacial score (nSPS) is 11.0. The molecule has 0 aromatic heterocycles. The molecule has 0 N–H and O–H groups in total. The number of carbonyl (C=O) groups is 1. The van der Waals surface area contributed by atoms with E-state index in [1.807, 2.05) is 6.26 Å². The number of thioether (sulfide) groups is 2. The summed E-state index contributed by atoms with van der Waals surface area (Å²) < 4.78 is 0. The highest BCUT2D eigenvalue weighted by atomic mass is 32.2. The van der Waals surface area contributed by atoms with Gasteiger partial charge in [0, 0.05) is 15.4 Å². The van der Waals surface area contributed by atoms with Gasteiger partial charge in [0.25, 0.3) is 0 Å². The Morgan fingerprint density at radius 1 is 0.475 bits per heavy atom. The van der Waals surface area contributed by atoms with Gasteiger partial charge in [0.05, 0.1) is 5.56 Å². The molecule has 0 spiro atoms. The number of hydrogen-bond donors (Lipinski definition) is 0. The molecule has 4 rings (SSSR count). The van der Waals surface area contributed by atoms with Gasteiger partial charge in [0.15, 0.2) is 6.29 Å². The third-order valence-electron chi connectivity index (χ3n) is 9.44. The molecule has 0 aliphatic carbocycles. The standard InChI is InChI=1S/C18H21NS.C18H22OS/c2*1-9-10(2)12(4)17-14(6)18(20-7)15(8-19)13(5)16(17)11(9)3/h1-7H3;8H,1-7H3. The fraction of sp³-hybridized carbons (Fsp3) is 0.389. The molecule has 0 heterocycles. The van der Waals surface area contributed by atoms with Crippen LogP contribution in [0.5, 0.6) is 0 Å².